The van der Waals surface area contributed by atoms with E-state index in [1.165, 1.54) is 0 Å². The Hall–Kier alpha value is -1.12. The maximum Gasteiger partial charge on any atom is 0.230 e. The van der Waals surface area contributed by atoms with E-state index in [9.17, 15) is 4.79 Å². The van der Waals surface area contributed by atoms with E-state index >= 15 is 0 Å². The molecule has 0 aromatic carbocycles. The van der Waals surface area contributed by atoms with Gasteiger partial charge in [0.05, 0.1) is 22.6 Å². The fourth-order valence-corrected chi connectivity index (χ4v) is 3.82. The van der Waals surface area contributed by atoms with E-state index in [4.69, 9.17) is 9.47 Å². The SMILES string of the molecule is CCSCC(=O)NC(C)(C)CCOC(C)(C)Cc1cn(CCC(C)(C)OCCC(C)(C)C)nn1. The summed E-state index contributed by atoms with van der Waals surface area (Å²) < 4.78 is 14.2. The number of aryl methyl sites for hydroxylation is 1. The van der Waals surface area contributed by atoms with Gasteiger partial charge in [0, 0.05) is 37.9 Å². The summed E-state index contributed by atoms with van der Waals surface area (Å²) in [5.41, 5.74) is 0.335. The third-order valence-electron chi connectivity index (χ3n) is 5.62. The minimum absolute atomic E-state index is 0.0792. The molecule has 1 N–H and O–H groups in total. The molecule has 1 aromatic heterocycles. The van der Waals surface area contributed by atoms with E-state index in [1.54, 1.807) is 11.8 Å². The Morgan fingerprint density at radius 3 is 2.21 bits per heavy atom. The van der Waals surface area contributed by atoms with Crippen LogP contribution < -0.4 is 5.32 Å². The topological polar surface area (TPSA) is 78.3 Å². The van der Waals surface area contributed by atoms with Crippen molar-refractivity contribution in [1.82, 2.24) is 20.3 Å². The molecule has 0 radical (unpaired) electrons. The van der Waals surface area contributed by atoms with Gasteiger partial charge in [-0.3, -0.25) is 9.48 Å². The molecular formula is C26H50N4O3S. The molecule has 0 saturated carbocycles. The van der Waals surface area contributed by atoms with Crippen LogP contribution in [0.5, 0.6) is 0 Å². The first-order chi connectivity index (χ1) is 15.5. The standard InChI is InChI=1S/C26H50N4O3S/c1-11-34-20-22(31)27-24(5,6)14-17-33-26(9,10)18-21-19-30(29-28-21)15-12-25(7,8)32-16-13-23(2,3)4/h19H,11-18,20H2,1-10H3,(H,27,31). The maximum atomic E-state index is 12.0. The summed E-state index contributed by atoms with van der Waals surface area (Å²) in [5, 5.41) is 11.8. The average Bonchev–Trinajstić information content (AvgIpc) is 3.09. The molecule has 0 bridgehead atoms. The number of ether oxygens (including phenoxy) is 2. The highest BCUT2D eigenvalue weighted by Gasteiger charge is 2.25. The monoisotopic (exact) mass is 498 g/mol. The van der Waals surface area contributed by atoms with Crippen molar-refractivity contribution in [1.29, 1.82) is 0 Å². The van der Waals surface area contributed by atoms with Crippen LogP contribution in [0, 0.1) is 5.41 Å². The molecule has 1 amide bonds. The summed E-state index contributed by atoms with van der Waals surface area (Å²) >= 11 is 1.63. The molecule has 1 aromatic rings. The number of rotatable bonds is 16. The summed E-state index contributed by atoms with van der Waals surface area (Å²) in [4.78, 5) is 12.0. The number of thioether (sulfide) groups is 1. The van der Waals surface area contributed by atoms with Gasteiger partial charge in [-0.15, -0.1) is 5.10 Å². The summed E-state index contributed by atoms with van der Waals surface area (Å²) in [6.45, 7) is 23.3. The van der Waals surface area contributed by atoms with Crippen molar-refractivity contribution >= 4 is 17.7 Å². The van der Waals surface area contributed by atoms with Crippen molar-refractivity contribution in [3.8, 4) is 0 Å². The second kappa shape index (κ2) is 13.3. The Kier molecular flexibility index (Phi) is 12.1. The minimum atomic E-state index is -0.367. The molecule has 198 valence electrons. The van der Waals surface area contributed by atoms with Gasteiger partial charge in [-0.25, -0.2) is 0 Å². The van der Waals surface area contributed by atoms with Crippen LogP contribution in [-0.2, 0) is 27.2 Å². The van der Waals surface area contributed by atoms with E-state index in [-0.39, 0.29) is 28.1 Å². The van der Waals surface area contributed by atoms with Gasteiger partial charge in [-0.05, 0) is 72.0 Å². The van der Waals surface area contributed by atoms with Gasteiger partial charge in [-0.2, -0.15) is 11.8 Å². The van der Waals surface area contributed by atoms with Gasteiger partial charge in [0.1, 0.15) is 0 Å². The predicted octanol–water partition coefficient (Wildman–Crippen LogP) is 5.28. The van der Waals surface area contributed by atoms with Crippen molar-refractivity contribution in [3.05, 3.63) is 11.9 Å². The van der Waals surface area contributed by atoms with E-state index in [0.717, 1.165) is 43.9 Å². The number of nitrogens with one attached hydrogen (secondary N) is 1. The fraction of sp³-hybridized carbons (Fsp3) is 0.885. The zero-order valence-corrected chi connectivity index (χ0v) is 24.2. The molecule has 0 aliphatic rings. The molecule has 7 nitrogen and oxygen atoms in total. The highest BCUT2D eigenvalue weighted by atomic mass is 32.2. The van der Waals surface area contributed by atoms with E-state index < -0.39 is 0 Å². The molecule has 0 saturated heterocycles. The number of hydrogen-bond donors (Lipinski definition) is 1. The molecule has 0 spiro atoms. The smallest absolute Gasteiger partial charge is 0.230 e. The lowest BCUT2D eigenvalue weighted by molar-refractivity contribution is -0.120. The van der Waals surface area contributed by atoms with Gasteiger partial charge < -0.3 is 14.8 Å². The molecular weight excluding hydrogens is 448 g/mol. The highest BCUT2D eigenvalue weighted by molar-refractivity contribution is 7.99. The molecule has 1 heterocycles. The summed E-state index contributed by atoms with van der Waals surface area (Å²) in [7, 11) is 0. The zero-order valence-electron chi connectivity index (χ0n) is 23.4. The number of hydrogen-bond acceptors (Lipinski definition) is 6. The zero-order chi connectivity index (χ0) is 26.0. The van der Waals surface area contributed by atoms with Gasteiger partial charge in [0.2, 0.25) is 5.91 Å². The first-order valence-corrected chi connectivity index (χ1v) is 13.7. The number of carbonyl (C=O) groups excluding carboxylic acids is 1. The molecule has 0 unspecified atom stereocenters. The number of aromatic nitrogens is 3. The molecule has 0 atom stereocenters. The van der Waals surface area contributed by atoms with Gasteiger partial charge in [-0.1, -0.05) is 32.9 Å². The molecule has 1 rings (SSSR count). The lowest BCUT2D eigenvalue weighted by Gasteiger charge is -2.30. The predicted molar refractivity (Wildman–Crippen MR) is 142 cm³/mol. The normalized spacial score (nSPS) is 13.4. The number of carbonyl (C=O) groups is 1. The highest BCUT2D eigenvalue weighted by Crippen LogP contribution is 2.23. The summed E-state index contributed by atoms with van der Waals surface area (Å²) in [6.07, 6.45) is 5.35. The summed E-state index contributed by atoms with van der Waals surface area (Å²) in [6, 6.07) is 0. The molecule has 0 aliphatic heterocycles. The second-order valence-electron chi connectivity index (χ2n) is 12.2. The lowest BCUT2D eigenvalue weighted by atomic mass is 9.93. The fourth-order valence-electron chi connectivity index (χ4n) is 3.36. The van der Waals surface area contributed by atoms with Crippen molar-refractivity contribution in [2.24, 2.45) is 5.41 Å². The first kappa shape index (κ1) is 30.9. The van der Waals surface area contributed by atoms with Crippen LogP contribution >= 0.6 is 11.8 Å². The van der Waals surface area contributed by atoms with Crippen LogP contribution in [0.2, 0.25) is 0 Å². The van der Waals surface area contributed by atoms with Gasteiger partial charge >= 0.3 is 0 Å². The molecule has 8 heteroatoms. The van der Waals surface area contributed by atoms with Crippen LogP contribution in [0.3, 0.4) is 0 Å². The Balaban J connectivity index is 2.44. The van der Waals surface area contributed by atoms with Crippen LogP contribution in [0.4, 0.5) is 0 Å². The number of amides is 1. The average molecular weight is 499 g/mol. The molecule has 34 heavy (non-hydrogen) atoms. The third-order valence-corrected chi connectivity index (χ3v) is 6.49. The van der Waals surface area contributed by atoms with Crippen LogP contribution in [0.1, 0.15) is 94.2 Å². The lowest BCUT2D eigenvalue weighted by Crippen LogP contribution is -2.45. The Labute approximate surface area is 212 Å². The van der Waals surface area contributed by atoms with E-state index in [2.05, 4.69) is 71.0 Å². The Morgan fingerprint density at radius 2 is 1.59 bits per heavy atom. The largest absolute Gasteiger partial charge is 0.375 e. The van der Waals surface area contributed by atoms with Crippen molar-refractivity contribution in [2.45, 2.75) is 118 Å². The maximum absolute atomic E-state index is 12.0. The van der Waals surface area contributed by atoms with Gasteiger partial charge in [0.25, 0.3) is 0 Å². The van der Waals surface area contributed by atoms with Crippen molar-refractivity contribution in [2.75, 3.05) is 24.7 Å². The van der Waals surface area contributed by atoms with Gasteiger partial charge in [0.15, 0.2) is 0 Å². The van der Waals surface area contributed by atoms with Crippen LogP contribution in [0.25, 0.3) is 0 Å². The second-order valence-corrected chi connectivity index (χ2v) is 13.5. The summed E-state index contributed by atoms with van der Waals surface area (Å²) in [5.74, 6) is 1.52. The first-order valence-electron chi connectivity index (χ1n) is 12.6. The van der Waals surface area contributed by atoms with E-state index in [1.807, 2.05) is 24.7 Å². The Morgan fingerprint density at radius 1 is 0.971 bits per heavy atom. The third kappa shape index (κ3) is 14.3. The molecule has 0 fully saturated rings. The molecule has 0 aliphatic carbocycles. The van der Waals surface area contributed by atoms with Crippen molar-refractivity contribution < 1.29 is 14.3 Å². The quantitative estimate of drug-likeness (QED) is 0.334. The van der Waals surface area contributed by atoms with Crippen LogP contribution in [-0.4, -0.2) is 62.4 Å². The number of nitrogens with zero attached hydrogens (tertiary/aromatic N) is 3. The Bertz CT molecular complexity index is 739. The van der Waals surface area contributed by atoms with E-state index in [0.29, 0.717) is 18.8 Å². The van der Waals surface area contributed by atoms with Crippen molar-refractivity contribution in [3.63, 3.8) is 0 Å². The van der Waals surface area contributed by atoms with Crippen LogP contribution in [0.15, 0.2) is 6.20 Å². The minimum Gasteiger partial charge on any atom is -0.375 e.